The Morgan fingerprint density at radius 3 is 2.94 bits per heavy atom. The Morgan fingerprint density at radius 2 is 2.06 bits per heavy atom. The van der Waals surface area contributed by atoms with Crippen molar-refractivity contribution < 1.29 is 0 Å². The number of thiophene rings is 1. The van der Waals surface area contributed by atoms with Crippen LogP contribution >= 0.6 is 23.1 Å². The number of hydrogen-bond acceptors (Lipinski definition) is 4. The van der Waals surface area contributed by atoms with Gasteiger partial charge in [0, 0.05) is 15.3 Å². The van der Waals surface area contributed by atoms with Crippen molar-refractivity contribution in [2.75, 3.05) is 0 Å². The highest BCUT2D eigenvalue weighted by Gasteiger charge is 2.17. The molecule has 2 heterocycles. The van der Waals surface area contributed by atoms with Gasteiger partial charge in [-0.25, -0.2) is 4.99 Å². The number of fused-ring (bicyclic) bond motifs is 2. The lowest BCUT2D eigenvalue weighted by Crippen LogP contribution is -2.11. The smallest absolute Gasteiger partial charge is 0.133 e. The highest BCUT2D eigenvalue weighted by atomic mass is 32.2. The summed E-state index contributed by atoms with van der Waals surface area (Å²) in [5.74, 6) is 0.622. The highest BCUT2D eigenvalue weighted by Crippen LogP contribution is 2.43. The standard InChI is InChI=1S/C12H10N2S2/c1-7-6-8-11(13)14-9-4-2-3-5-10(9)16-12(8)15-7/h2-6H,1H3,(H2,13,14). The molecule has 0 unspecified atom stereocenters. The summed E-state index contributed by atoms with van der Waals surface area (Å²) in [6.07, 6.45) is 0. The van der Waals surface area contributed by atoms with Crippen LogP contribution in [-0.4, -0.2) is 5.84 Å². The van der Waals surface area contributed by atoms with Crippen molar-refractivity contribution >= 4 is 34.6 Å². The number of aliphatic imine (C=N–C) groups is 1. The summed E-state index contributed by atoms with van der Waals surface area (Å²) in [6, 6.07) is 10.2. The molecule has 1 aromatic heterocycles. The second-order valence-corrected chi connectivity index (χ2v) is 6.19. The van der Waals surface area contributed by atoms with E-state index in [9.17, 15) is 0 Å². The number of aryl methyl sites for hydroxylation is 1. The number of rotatable bonds is 0. The summed E-state index contributed by atoms with van der Waals surface area (Å²) in [6.45, 7) is 2.10. The van der Waals surface area contributed by atoms with Gasteiger partial charge in [-0.2, -0.15) is 0 Å². The maximum atomic E-state index is 6.02. The van der Waals surface area contributed by atoms with E-state index in [0.717, 1.165) is 11.3 Å². The molecule has 0 bridgehead atoms. The number of benzene rings is 1. The van der Waals surface area contributed by atoms with Crippen molar-refractivity contribution in [3.8, 4) is 0 Å². The summed E-state index contributed by atoms with van der Waals surface area (Å²) in [5, 5.41) is 0. The molecule has 2 aromatic rings. The molecule has 1 aliphatic rings. The van der Waals surface area contributed by atoms with Crippen LogP contribution < -0.4 is 5.73 Å². The molecular weight excluding hydrogens is 236 g/mol. The predicted octanol–water partition coefficient (Wildman–Crippen LogP) is 3.56. The molecule has 0 fully saturated rings. The van der Waals surface area contributed by atoms with Crippen LogP contribution in [0.25, 0.3) is 0 Å². The van der Waals surface area contributed by atoms with Crippen LogP contribution in [0.5, 0.6) is 0 Å². The minimum Gasteiger partial charge on any atom is -0.383 e. The summed E-state index contributed by atoms with van der Waals surface area (Å²) in [7, 11) is 0. The maximum Gasteiger partial charge on any atom is 0.133 e. The molecule has 0 spiro atoms. The van der Waals surface area contributed by atoms with E-state index in [1.54, 1.807) is 23.1 Å². The Labute approximate surface area is 102 Å². The van der Waals surface area contributed by atoms with E-state index in [1.165, 1.54) is 14.0 Å². The van der Waals surface area contributed by atoms with E-state index in [2.05, 4.69) is 24.0 Å². The van der Waals surface area contributed by atoms with Crippen LogP contribution in [0.3, 0.4) is 0 Å². The van der Waals surface area contributed by atoms with Crippen molar-refractivity contribution in [1.82, 2.24) is 0 Å². The predicted molar refractivity (Wildman–Crippen MR) is 70.0 cm³/mol. The van der Waals surface area contributed by atoms with Crippen molar-refractivity contribution in [1.29, 1.82) is 0 Å². The van der Waals surface area contributed by atoms with E-state index >= 15 is 0 Å². The Bertz CT molecular complexity index is 584. The van der Waals surface area contributed by atoms with Gasteiger partial charge in [0.15, 0.2) is 0 Å². The van der Waals surface area contributed by atoms with E-state index in [1.807, 2.05) is 18.2 Å². The fourth-order valence-electron chi connectivity index (χ4n) is 1.67. The SMILES string of the molecule is Cc1cc2c(s1)Sc1ccccc1N=C2N. The first-order chi connectivity index (χ1) is 7.74. The molecular formula is C12H10N2S2. The first-order valence-electron chi connectivity index (χ1n) is 4.96. The zero-order chi connectivity index (χ0) is 11.1. The van der Waals surface area contributed by atoms with Crippen molar-refractivity contribution in [3.63, 3.8) is 0 Å². The Hall–Kier alpha value is -1.26. The third kappa shape index (κ3) is 1.54. The van der Waals surface area contributed by atoms with Crippen molar-refractivity contribution in [3.05, 3.63) is 40.8 Å². The Kier molecular flexibility index (Phi) is 2.26. The number of nitrogens with zero attached hydrogens (tertiary/aromatic N) is 1. The lowest BCUT2D eigenvalue weighted by molar-refractivity contribution is 1.37. The highest BCUT2D eigenvalue weighted by molar-refractivity contribution is 8.01. The minimum absolute atomic E-state index is 0.622. The number of hydrogen-bond donors (Lipinski definition) is 1. The van der Waals surface area contributed by atoms with Crippen LogP contribution in [0.15, 0.2) is 44.4 Å². The second-order valence-electron chi connectivity index (χ2n) is 3.63. The lowest BCUT2D eigenvalue weighted by Gasteiger charge is -1.99. The third-order valence-corrected chi connectivity index (χ3v) is 4.72. The lowest BCUT2D eigenvalue weighted by atomic mass is 10.3. The van der Waals surface area contributed by atoms with Gasteiger partial charge in [-0.3, -0.25) is 0 Å². The topological polar surface area (TPSA) is 38.4 Å². The number of para-hydroxylation sites is 1. The van der Waals surface area contributed by atoms with Crippen LogP contribution in [0.4, 0.5) is 5.69 Å². The largest absolute Gasteiger partial charge is 0.383 e. The number of nitrogens with two attached hydrogens (primary N) is 1. The average molecular weight is 246 g/mol. The molecule has 0 aliphatic carbocycles. The molecule has 0 saturated heterocycles. The van der Waals surface area contributed by atoms with Gasteiger partial charge < -0.3 is 5.73 Å². The quantitative estimate of drug-likeness (QED) is 0.772. The second kappa shape index (κ2) is 3.64. The van der Waals surface area contributed by atoms with Gasteiger partial charge in [0.1, 0.15) is 5.84 Å². The van der Waals surface area contributed by atoms with E-state index in [-0.39, 0.29) is 0 Å². The summed E-state index contributed by atoms with van der Waals surface area (Å²) in [5.41, 5.74) is 8.05. The Balaban J connectivity index is 2.24. The number of amidine groups is 1. The monoisotopic (exact) mass is 246 g/mol. The summed E-state index contributed by atoms with van der Waals surface area (Å²) in [4.78, 5) is 6.92. The zero-order valence-corrected chi connectivity index (χ0v) is 10.4. The summed E-state index contributed by atoms with van der Waals surface area (Å²) >= 11 is 3.52. The van der Waals surface area contributed by atoms with Crippen LogP contribution in [0.1, 0.15) is 10.4 Å². The van der Waals surface area contributed by atoms with Gasteiger partial charge in [-0.1, -0.05) is 23.9 Å². The molecule has 3 rings (SSSR count). The van der Waals surface area contributed by atoms with Gasteiger partial charge in [-0.15, -0.1) is 11.3 Å². The van der Waals surface area contributed by atoms with Gasteiger partial charge in [0.2, 0.25) is 0 Å². The first-order valence-corrected chi connectivity index (χ1v) is 6.59. The molecule has 2 N–H and O–H groups in total. The minimum atomic E-state index is 0.622. The van der Waals surface area contributed by atoms with Crippen molar-refractivity contribution in [2.45, 2.75) is 16.0 Å². The molecule has 4 heteroatoms. The Morgan fingerprint density at radius 1 is 1.25 bits per heavy atom. The van der Waals surface area contributed by atoms with Crippen LogP contribution in [0, 0.1) is 6.92 Å². The normalized spacial score (nSPS) is 13.7. The molecule has 2 nitrogen and oxygen atoms in total. The summed E-state index contributed by atoms with van der Waals surface area (Å²) < 4.78 is 1.24. The van der Waals surface area contributed by atoms with Gasteiger partial charge in [0.05, 0.1) is 9.90 Å². The molecule has 1 aromatic carbocycles. The maximum absolute atomic E-state index is 6.02. The average Bonchev–Trinajstić information content (AvgIpc) is 2.57. The molecule has 0 atom stereocenters. The fourth-order valence-corrected chi connectivity index (χ4v) is 4.08. The molecule has 0 radical (unpaired) electrons. The molecule has 16 heavy (non-hydrogen) atoms. The van der Waals surface area contributed by atoms with Crippen LogP contribution in [0.2, 0.25) is 0 Å². The van der Waals surface area contributed by atoms with Gasteiger partial charge in [-0.05, 0) is 25.1 Å². The third-order valence-electron chi connectivity index (χ3n) is 2.41. The molecule has 0 saturated carbocycles. The van der Waals surface area contributed by atoms with Gasteiger partial charge >= 0.3 is 0 Å². The van der Waals surface area contributed by atoms with E-state index < -0.39 is 0 Å². The van der Waals surface area contributed by atoms with Crippen molar-refractivity contribution in [2.24, 2.45) is 10.7 Å². The first kappa shape index (κ1) is 9.93. The molecule has 0 amide bonds. The molecule has 80 valence electrons. The van der Waals surface area contributed by atoms with Crippen LogP contribution in [-0.2, 0) is 0 Å². The van der Waals surface area contributed by atoms with Gasteiger partial charge in [0.25, 0.3) is 0 Å². The zero-order valence-electron chi connectivity index (χ0n) is 8.73. The molecule has 1 aliphatic heterocycles. The van der Waals surface area contributed by atoms with E-state index in [4.69, 9.17) is 5.73 Å². The fraction of sp³-hybridized carbons (Fsp3) is 0.0833. The van der Waals surface area contributed by atoms with E-state index in [0.29, 0.717) is 5.84 Å².